The van der Waals surface area contributed by atoms with E-state index in [1.165, 1.54) is 0 Å². The van der Waals surface area contributed by atoms with Gasteiger partial charge in [-0.15, -0.1) is 0 Å². The van der Waals surface area contributed by atoms with Gasteiger partial charge in [-0.25, -0.2) is 13.4 Å². The van der Waals surface area contributed by atoms with Gasteiger partial charge in [0.25, 0.3) is 0 Å². The van der Waals surface area contributed by atoms with E-state index >= 15 is 0 Å². The van der Waals surface area contributed by atoms with Gasteiger partial charge in [0.05, 0.1) is 17.3 Å². The van der Waals surface area contributed by atoms with Crippen molar-refractivity contribution in [3.8, 4) is 11.4 Å². The molecule has 0 atom stereocenters. The molecule has 0 radical (unpaired) electrons. The molecular formula is C22H21N5O3S. The van der Waals surface area contributed by atoms with Crippen molar-refractivity contribution < 1.29 is 13.6 Å². The molecule has 158 valence electrons. The van der Waals surface area contributed by atoms with Crippen LogP contribution in [0.25, 0.3) is 22.4 Å². The van der Waals surface area contributed by atoms with Crippen LogP contribution >= 0.6 is 0 Å². The van der Waals surface area contributed by atoms with E-state index in [-0.39, 0.29) is 5.84 Å². The number of hydrogen-bond donors (Lipinski definition) is 3. The quantitative estimate of drug-likeness (QED) is 0.186. The number of sulfonamides is 1. The molecule has 4 aromatic rings. The number of anilines is 1. The summed E-state index contributed by atoms with van der Waals surface area (Å²) in [5.41, 5.74) is 10.3. The fraction of sp³-hybridized carbons (Fsp3) is 0.0909. The number of nitrogens with one attached hydrogen (secondary N) is 1. The Hall–Kier alpha value is -3.85. The highest BCUT2D eigenvalue weighted by Gasteiger charge is 2.14. The van der Waals surface area contributed by atoms with E-state index in [0.29, 0.717) is 17.8 Å². The second-order valence-corrected chi connectivity index (χ2v) is 8.90. The van der Waals surface area contributed by atoms with Crippen molar-refractivity contribution in [1.29, 1.82) is 0 Å². The smallest absolute Gasteiger partial charge is 0.229 e. The van der Waals surface area contributed by atoms with Crippen molar-refractivity contribution in [2.45, 2.75) is 6.54 Å². The van der Waals surface area contributed by atoms with Gasteiger partial charge in [0.1, 0.15) is 5.82 Å². The third kappa shape index (κ3) is 4.51. The van der Waals surface area contributed by atoms with Crippen LogP contribution in [0.4, 0.5) is 5.69 Å². The minimum atomic E-state index is -3.39. The highest BCUT2D eigenvalue weighted by molar-refractivity contribution is 7.92. The van der Waals surface area contributed by atoms with Gasteiger partial charge in [-0.2, -0.15) is 0 Å². The normalized spacial score (nSPS) is 12.2. The fourth-order valence-electron chi connectivity index (χ4n) is 3.41. The molecule has 0 saturated carbocycles. The number of amidine groups is 1. The Morgan fingerprint density at radius 3 is 2.55 bits per heavy atom. The van der Waals surface area contributed by atoms with E-state index in [1.807, 2.05) is 42.5 Å². The molecule has 0 spiro atoms. The summed E-state index contributed by atoms with van der Waals surface area (Å²) >= 11 is 0. The summed E-state index contributed by atoms with van der Waals surface area (Å²) in [6, 6.07) is 22.4. The van der Waals surface area contributed by atoms with Gasteiger partial charge in [-0.3, -0.25) is 4.72 Å². The molecule has 9 heteroatoms. The summed E-state index contributed by atoms with van der Waals surface area (Å²) in [7, 11) is -3.39. The van der Waals surface area contributed by atoms with E-state index < -0.39 is 10.0 Å². The maximum atomic E-state index is 11.6. The monoisotopic (exact) mass is 435 g/mol. The van der Waals surface area contributed by atoms with Gasteiger partial charge in [0.2, 0.25) is 10.0 Å². The van der Waals surface area contributed by atoms with Crippen LogP contribution in [0.5, 0.6) is 0 Å². The predicted octanol–water partition coefficient (Wildman–Crippen LogP) is 3.22. The first-order chi connectivity index (χ1) is 14.8. The van der Waals surface area contributed by atoms with Gasteiger partial charge in [0.15, 0.2) is 5.84 Å². The summed E-state index contributed by atoms with van der Waals surface area (Å²) in [5, 5.41) is 11.9. The Bertz CT molecular complexity index is 1380. The third-order valence-corrected chi connectivity index (χ3v) is 5.38. The molecule has 1 heterocycles. The van der Waals surface area contributed by atoms with Crippen LogP contribution in [0.1, 0.15) is 11.1 Å². The van der Waals surface area contributed by atoms with Crippen molar-refractivity contribution in [3.05, 3.63) is 83.9 Å². The average Bonchev–Trinajstić information content (AvgIpc) is 3.11. The number of fused-ring (bicyclic) bond motifs is 1. The zero-order valence-electron chi connectivity index (χ0n) is 16.7. The molecule has 4 rings (SSSR count). The number of para-hydroxylation sites is 2. The molecular weight excluding hydrogens is 414 g/mol. The second kappa shape index (κ2) is 8.11. The summed E-state index contributed by atoms with van der Waals surface area (Å²) in [5.74, 6) is 0.773. The number of nitrogens with zero attached hydrogens (tertiary/aromatic N) is 3. The number of oxime groups is 1. The molecule has 0 amide bonds. The fourth-order valence-corrected chi connectivity index (χ4v) is 3.97. The van der Waals surface area contributed by atoms with Crippen LogP contribution in [0, 0.1) is 0 Å². The Kier molecular flexibility index (Phi) is 5.35. The molecule has 0 aliphatic carbocycles. The van der Waals surface area contributed by atoms with Crippen molar-refractivity contribution in [2.75, 3.05) is 11.0 Å². The molecule has 4 N–H and O–H groups in total. The lowest BCUT2D eigenvalue weighted by Gasteiger charge is -2.11. The van der Waals surface area contributed by atoms with Crippen molar-refractivity contribution in [1.82, 2.24) is 9.55 Å². The Morgan fingerprint density at radius 1 is 1.10 bits per heavy atom. The zero-order chi connectivity index (χ0) is 22.0. The van der Waals surface area contributed by atoms with E-state index in [2.05, 4.69) is 14.4 Å². The zero-order valence-corrected chi connectivity index (χ0v) is 17.5. The van der Waals surface area contributed by atoms with Crippen molar-refractivity contribution in [2.24, 2.45) is 10.9 Å². The Balaban J connectivity index is 1.78. The molecule has 0 bridgehead atoms. The lowest BCUT2D eigenvalue weighted by atomic mass is 10.1. The summed E-state index contributed by atoms with van der Waals surface area (Å²) in [6.07, 6.45) is 1.12. The maximum Gasteiger partial charge on any atom is 0.229 e. The summed E-state index contributed by atoms with van der Waals surface area (Å²) < 4.78 is 27.8. The Morgan fingerprint density at radius 2 is 1.84 bits per heavy atom. The highest BCUT2D eigenvalue weighted by atomic mass is 32.2. The van der Waals surface area contributed by atoms with Gasteiger partial charge >= 0.3 is 0 Å². The number of imidazole rings is 1. The largest absolute Gasteiger partial charge is 0.409 e. The average molecular weight is 436 g/mol. The molecule has 8 nitrogen and oxygen atoms in total. The van der Waals surface area contributed by atoms with Crippen LogP contribution in [-0.2, 0) is 16.6 Å². The predicted molar refractivity (Wildman–Crippen MR) is 122 cm³/mol. The standard InChI is InChI=1S/C22H21N5O3S/c1-31(29,30)26-18-6-4-5-17(13-18)22-24-19-7-2-3-8-20(19)27(22)14-15-9-11-16(12-10-15)21(23)25-28/h2-13,26,28H,14H2,1H3,(H2,23,25). The highest BCUT2D eigenvalue weighted by Crippen LogP contribution is 2.28. The van der Waals surface area contributed by atoms with Gasteiger partial charge in [-0.05, 0) is 29.8 Å². The first-order valence-electron chi connectivity index (χ1n) is 9.44. The van der Waals surface area contributed by atoms with Crippen LogP contribution in [-0.4, -0.2) is 35.3 Å². The summed E-state index contributed by atoms with van der Waals surface area (Å²) in [4.78, 5) is 4.79. The minimum Gasteiger partial charge on any atom is -0.409 e. The van der Waals surface area contributed by atoms with Crippen molar-refractivity contribution >= 4 is 32.6 Å². The first kappa shape index (κ1) is 20.4. The number of rotatable bonds is 6. The van der Waals surface area contributed by atoms with Crippen LogP contribution in [0.15, 0.2) is 78.0 Å². The minimum absolute atomic E-state index is 0.0514. The molecule has 0 aliphatic rings. The SMILES string of the molecule is CS(=O)(=O)Nc1cccc(-c2nc3ccccc3n2Cc2ccc(/C(N)=N\O)cc2)c1. The molecule has 1 aromatic heterocycles. The van der Waals surface area contributed by atoms with Crippen LogP contribution in [0.3, 0.4) is 0 Å². The second-order valence-electron chi connectivity index (χ2n) is 7.15. The molecule has 0 fully saturated rings. The third-order valence-electron chi connectivity index (χ3n) is 4.78. The molecule has 0 saturated heterocycles. The van der Waals surface area contributed by atoms with E-state index in [1.54, 1.807) is 30.3 Å². The van der Waals surface area contributed by atoms with Gasteiger partial charge in [-0.1, -0.05) is 53.7 Å². The number of aromatic nitrogens is 2. The molecule has 31 heavy (non-hydrogen) atoms. The van der Waals surface area contributed by atoms with Gasteiger partial charge < -0.3 is 15.5 Å². The number of hydrogen-bond acceptors (Lipinski definition) is 5. The molecule has 0 aliphatic heterocycles. The van der Waals surface area contributed by atoms with E-state index in [0.717, 1.165) is 34.2 Å². The topological polar surface area (TPSA) is 123 Å². The van der Waals surface area contributed by atoms with E-state index in [9.17, 15) is 8.42 Å². The number of benzene rings is 3. The maximum absolute atomic E-state index is 11.6. The lowest BCUT2D eigenvalue weighted by Crippen LogP contribution is -2.13. The van der Waals surface area contributed by atoms with Crippen LogP contribution < -0.4 is 10.5 Å². The molecule has 0 unspecified atom stereocenters. The lowest BCUT2D eigenvalue weighted by molar-refractivity contribution is 0.318. The van der Waals surface area contributed by atoms with Gasteiger partial charge in [0, 0.05) is 23.4 Å². The Labute approximate surface area is 179 Å². The van der Waals surface area contributed by atoms with E-state index in [4.69, 9.17) is 15.9 Å². The summed E-state index contributed by atoms with van der Waals surface area (Å²) in [6.45, 7) is 0.538. The number of nitrogens with two attached hydrogens (primary N) is 1. The first-order valence-corrected chi connectivity index (χ1v) is 11.3. The molecule has 3 aromatic carbocycles. The van der Waals surface area contributed by atoms with Crippen LogP contribution in [0.2, 0.25) is 0 Å². The van der Waals surface area contributed by atoms with Crippen molar-refractivity contribution in [3.63, 3.8) is 0 Å².